The molecule has 1 aromatic carbocycles. The Labute approximate surface area is 134 Å². The van der Waals surface area contributed by atoms with Gasteiger partial charge in [0.05, 0.1) is 6.61 Å². The van der Waals surface area contributed by atoms with E-state index in [0.29, 0.717) is 11.8 Å². The van der Waals surface area contributed by atoms with Crippen LogP contribution in [0.2, 0.25) is 0 Å². The third-order valence-electron chi connectivity index (χ3n) is 5.10. The molecule has 0 amide bonds. The number of rotatable bonds is 3. The predicted octanol–water partition coefficient (Wildman–Crippen LogP) is 2.07. The number of hydrogen-bond acceptors (Lipinski definition) is 4. The van der Waals surface area contributed by atoms with Gasteiger partial charge in [0.2, 0.25) is 0 Å². The van der Waals surface area contributed by atoms with Crippen LogP contribution in [0.15, 0.2) is 18.2 Å². The standard InChI is InChI=1S/C18H29N3O/c1-13(2)15-5-4-6-16-17(19)14(12-22-18(15)16)11-21-9-7-20(3)8-10-21/h4-6,13-14,17H,7-12,19H2,1-3H3. The highest BCUT2D eigenvalue weighted by Gasteiger charge is 2.31. The summed E-state index contributed by atoms with van der Waals surface area (Å²) >= 11 is 0. The highest BCUT2D eigenvalue weighted by Crippen LogP contribution is 2.39. The fourth-order valence-corrected chi connectivity index (χ4v) is 3.53. The van der Waals surface area contributed by atoms with Gasteiger partial charge in [-0.1, -0.05) is 32.0 Å². The van der Waals surface area contributed by atoms with E-state index < -0.39 is 0 Å². The van der Waals surface area contributed by atoms with E-state index in [9.17, 15) is 0 Å². The molecule has 22 heavy (non-hydrogen) atoms. The molecule has 2 heterocycles. The summed E-state index contributed by atoms with van der Waals surface area (Å²) in [6.07, 6.45) is 0. The maximum absolute atomic E-state index is 6.59. The van der Waals surface area contributed by atoms with Crippen molar-refractivity contribution >= 4 is 0 Å². The summed E-state index contributed by atoms with van der Waals surface area (Å²) in [5.41, 5.74) is 9.06. The van der Waals surface area contributed by atoms with E-state index in [1.807, 2.05) is 0 Å². The van der Waals surface area contributed by atoms with Crippen LogP contribution in [0.1, 0.15) is 36.9 Å². The van der Waals surface area contributed by atoms with Crippen molar-refractivity contribution in [2.45, 2.75) is 25.8 Å². The first-order valence-electron chi connectivity index (χ1n) is 8.48. The van der Waals surface area contributed by atoms with Crippen LogP contribution < -0.4 is 10.5 Å². The lowest BCUT2D eigenvalue weighted by molar-refractivity contribution is 0.0992. The third kappa shape index (κ3) is 3.14. The van der Waals surface area contributed by atoms with Crippen molar-refractivity contribution < 1.29 is 4.74 Å². The molecule has 1 fully saturated rings. The fraction of sp³-hybridized carbons (Fsp3) is 0.667. The summed E-state index contributed by atoms with van der Waals surface area (Å²) in [6.45, 7) is 10.8. The zero-order valence-corrected chi connectivity index (χ0v) is 14.1. The van der Waals surface area contributed by atoms with E-state index in [0.717, 1.165) is 45.1 Å². The average molecular weight is 303 g/mol. The van der Waals surface area contributed by atoms with Gasteiger partial charge in [-0.2, -0.15) is 0 Å². The summed E-state index contributed by atoms with van der Waals surface area (Å²) in [4.78, 5) is 4.92. The SMILES string of the molecule is CC(C)c1cccc2c1OCC(CN1CCN(C)CC1)C2N. The number of nitrogens with two attached hydrogens (primary N) is 1. The molecule has 3 rings (SSSR count). The van der Waals surface area contributed by atoms with Gasteiger partial charge in [-0.3, -0.25) is 0 Å². The van der Waals surface area contributed by atoms with Gasteiger partial charge >= 0.3 is 0 Å². The van der Waals surface area contributed by atoms with Gasteiger partial charge in [0.15, 0.2) is 0 Å². The van der Waals surface area contributed by atoms with Gasteiger partial charge in [0.1, 0.15) is 5.75 Å². The number of hydrogen-bond donors (Lipinski definition) is 1. The third-order valence-corrected chi connectivity index (χ3v) is 5.10. The predicted molar refractivity (Wildman–Crippen MR) is 90.4 cm³/mol. The lowest BCUT2D eigenvalue weighted by Crippen LogP contribution is -2.48. The summed E-state index contributed by atoms with van der Waals surface area (Å²) in [5, 5.41) is 0. The van der Waals surface area contributed by atoms with Crippen LogP contribution >= 0.6 is 0 Å². The van der Waals surface area contributed by atoms with Gasteiger partial charge in [0.25, 0.3) is 0 Å². The first-order chi connectivity index (χ1) is 10.6. The van der Waals surface area contributed by atoms with Crippen LogP contribution in [0.4, 0.5) is 0 Å². The molecule has 2 N–H and O–H groups in total. The Morgan fingerprint density at radius 3 is 2.64 bits per heavy atom. The molecular weight excluding hydrogens is 274 g/mol. The quantitative estimate of drug-likeness (QED) is 0.928. The van der Waals surface area contributed by atoms with Crippen LogP contribution in [0.25, 0.3) is 0 Å². The van der Waals surface area contributed by atoms with Gasteiger partial charge < -0.3 is 20.3 Å². The second-order valence-electron chi connectivity index (χ2n) is 7.12. The van der Waals surface area contributed by atoms with E-state index >= 15 is 0 Å². The second kappa shape index (κ2) is 6.57. The molecule has 0 radical (unpaired) electrons. The van der Waals surface area contributed by atoms with E-state index in [1.165, 1.54) is 11.1 Å². The number of nitrogens with zero attached hydrogens (tertiary/aromatic N) is 2. The molecule has 0 aliphatic carbocycles. The minimum absolute atomic E-state index is 0.0853. The van der Waals surface area contributed by atoms with Gasteiger partial charge in [-0.25, -0.2) is 0 Å². The average Bonchev–Trinajstić information content (AvgIpc) is 2.51. The smallest absolute Gasteiger partial charge is 0.127 e. The van der Waals surface area contributed by atoms with Crippen molar-refractivity contribution in [1.82, 2.24) is 9.80 Å². The highest BCUT2D eigenvalue weighted by molar-refractivity contribution is 5.46. The van der Waals surface area contributed by atoms with Gasteiger partial charge in [0, 0.05) is 50.2 Å². The Morgan fingerprint density at radius 2 is 1.95 bits per heavy atom. The Bertz CT molecular complexity index is 509. The zero-order valence-electron chi connectivity index (χ0n) is 14.1. The number of fused-ring (bicyclic) bond motifs is 1. The molecule has 4 nitrogen and oxygen atoms in total. The van der Waals surface area contributed by atoms with Crippen LogP contribution in [0.3, 0.4) is 0 Å². The van der Waals surface area contributed by atoms with Crippen molar-refractivity contribution in [2.24, 2.45) is 11.7 Å². The molecule has 0 aromatic heterocycles. The van der Waals surface area contributed by atoms with Crippen molar-refractivity contribution in [1.29, 1.82) is 0 Å². The molecule has 0 bridgehead atoms. The Kier molecular flexibility index (Phi) is 4.71. The van der Waals surface area contributed by atoms with Crippen molar-refractivity contribution in [3.8, 4) is 5.75 Å². The molecule has 2 atom stereocenters. The monoisotopic (exact) mass is 303 g/mol. The minimum Gasteiger partial charge on any atom is -0.493 e. The van der Waals surface area contributed by atoms with Crippen LogP contribution in [0.5, 0.6) is 5.75 Å². The summed E-state index contributed by atoms with van der Waals surface area (Å²) in [7, 11) is 2.19. The lowest BCUT2D eigenvalue weighted by Gasteiger charge is -2.38. The van der Waals surface area contributed by atoms with Crippen LogP contribution in [0, 0.1) is 5.92 Å². The minimum atomic E-state index is 0.0853. The maximum atomic E-state index is 6.59. The van der Waals surface area contributed by atoms with E-state index in [1.54, 1.807) is 0 Å². The molecule has 1 aromatic rings. The number of likely N-dealkylation sites (N-methyl/N-ethyl adjacent to an activating group) is 1. The Balaban J connectivity index is 1.72. The van der Waals surface area contributed by atoms with Crippen molar-refractivity contribution in [2.75, 3.05) is 46.4 Å². The molecule has 0 spiro atoms. The Morgan fingerprint density at radius 1 is 1.23 bits per heavy atom. The van der Waals surface area contributed by atoms with E-state index in [4.69, 9.17) is 10.5 Å². The molecule has 1 saturated heterocycles. The van der Waals surface area contributed by atoms with Gasteiger partial charge in [-0.15, -0.1) is 0 Å². The topological polar surface area (TPSA) is 41.7 Å². The largest absolute Gasteiger partial charge is 0.493 e. The maximum Gasteiger partial charge on any atom is 0.127 e. The lowest BCUT2D eigenvalue weighted by atomic mass is 9.87. The van der Waals surface area contributed by atoms with Crippen molar-refractivity contribution in [3.63, 3.8) is 0 Å². The van der Waals surface area contributed by atoms with Crippen LogP contribution in [-0.4, -0.2) is 56.2 Å². The molecule has 4 heteroatoms. The van der Waals surface area contributed by atoms with Crippen molar-refractivity contribution in [3.05, 3.63) is 29.3 Å². The summed E-state index contributed by atoms with van der Waals surface area (Å²) < 4.78 is 6.14. The number of ether oxygens (including phenoxy) is 1. The zero-order chi connectivity index (χ0) is 15.7. The molecule has 2 aliphatic heterocycles. The van der Waals surface area contributed by atoms with Crippen LogP contribution in [-0.2, 0) is 0 Å². The van der Waals surface area contributed by atoms with E-state index in [2.05, 4.69) is 48.9 Å². The van der Waals surface area contributed by atoms with E-state index in [-0.39, 0.29) is 6.04 Å². The fourth-order valence-electron chi connectivity index (χ4n) is 3.53. The number of benzene rings is 1. The second-order valence-corrected chi connectivity index (χ2v) is 7.12. The molecule has 2 unspecified atom stereocenters. The number of piperazine rings is 1. The molecular formula is C18H29N3O. The van der Waals surface area contributed by atoms with Gasteiger partial charge in [-0.05, 0) is 18.5 Å². The first-order valence-corrected chi connectivity index (χ1v) is 8.48. The molecule has 0 saturated carbocycles. The molecule has 122 valence electrons. The first kappa shape index (κ1) is 15.8. The molecule has 2 aliphatic rings. The Hall–Kier alpha value is -1.10. The highest BCUT2D eigenvalue weighted by atomic mass is 16.5. The normalized spacial score (nSPS) is 26.8. The summed E-state index contributed by atoms with van der Waals surface area (Å²) in [6, 6.07) is 6.51. The number of para-hydroxylation sites is 1. The summed E-state index contributed by atoms with van der Waals surface area (Å²) in [5.74, 6) is 1.90.